The third-order valence-electron chi connectivity index (χ3n) is 3.93. The van der Waals surface area contributed by atoms with E-state index >= 15 is 0 Å². The fourth-order valence-corrected chi connectivity index (χ4v) is 4.29. The molecule has 174 valence electrons. The summed E-state index contributed by atoms with van der Waals surface area (Å²) in [6, 6.07) is 0. The van der Waals surface area contributed by atoms with Crippen molar-refractivity contribution >= 4 is 15.4 Å². The van der Waals surface area contributed by atoms with Gasteiger partial charge in [0.15, 0.2) is 0 Å². The molecule has 0 aromatic heterocycles. The van der Waals surface area contributed by atoms with Gasteiger partial charge >= 0.3 is 15.4 Å². The molecule has 0 aliphatic heterocycles. The third-order valence-corrected chi connectivity index (χ3v) is 6.44. The van der Waals surface area contributed by atoms with E-state index in [1.807, 2.05) is 6.08 Å². The molecule has 7 nitrogen and oxygen atoms in total. The molecule has 2 atom stereocenters. The van der Waals surface area contributed by atoms with Gasteiger partial charge in [-0.05, 0) is 65.9 Å². The predicted octanol–water partition coefficient (Wildman–Crippen LogP) is 6.32. The molecule has 0 spiro atoms. The van der Waals surface area contributed by atoms with Crippen molar-refractivity contribution in [3.8, 4) is 0 Å². The first-order valence-corrected chi connectivity index (χ1v) is 13.5. The van der Waals surface area contributed by atoms with Crippen LogP contribution in [0.4, 0.5) is 0 Å². The highest BCUT2D eigenvalue weighted by Gasteiger charge is 2.29. The van der Waals surface area contributed by atoms with Gasteiger partial charge in [-0.15, -0.1) is 0 Å². The quantitative estimate of drug-likeness (QED) is 0.166. The number of rotatable bonds is 15. The highest BCUT2D eigenvalue weighted by atomic mass is 31.3. The van der Waals surface area contributed by atoms with Gasteiger partial charge in [-0.2, -0.15) is 0 Å². The van der Waals surface area contributed by atoms with Gasteiger partial charge in [0.25, 0.3) is 0 Å². The summed E-state index contributed by atoms with van der Waals surface area (Å²) < 4.78 is 36.8. The van der Waals surface area contributed by atoms with Crippen LogP contribution in [0.1, 0.15) is 60.3 Å². The first kappa shape index (κ1) is 29.2. The molecule has 0 radical (unpaired) electrons. The Bertz CT molecular complexity index is 726. The van der Waals surface area contributed by atoms with Crippen molar-refractivity contribution in [1.82, 2.24) is 0 Å². The summed E-state index contributed by atoms with van der Waals surface area (Å²) in [4.78, 5) is 18.3. The Kier molecular flexibility index (Phi) is 14.7. The van der Waals surface area contributed by atoms with E-state index in [1.54, 1.807) is 13.0 Å². The molecule has 0 rings (SSSR count). The summed E-state index contributed by atoms with van der Waals surface area (Å²) in [5.74, 6) is 0. The molecule has 30 heavy (non-hydrogen) atoms. The van der Waals surface area contributed by atoms with Gasteiger partial charge in [0, 0.05) is 6.66 Å². The molecule has 0 saturated heterocycles. The zero-order chi connectivity index (χ0) is 23.2. The molecular formula is C21H38O7P2. The van der Waals surface area contributed by atoms with Crippen LogP contribution >= 0.6 is 15.4 Å². The Morgan fingerprint density at radius 1 is 0.800 bits per heavy atom. The maximum absolute atomic E-state index is 11.5. The van der Waals surface area contributed by atoms with Gasteiger partial charge in [0.05, 0.1) is 19.8 Å². The Hall–Kier alpha value is -0.780. The van der Waals surface area contributed by atoms with E-state index in [9.17, 15) is 14.0 Å². The molecule has 2 unspecified atom stereocenters. The smallest absolute Gasteiger partial charge is 0.373 e. The van der Waals surface area contributed by atoms with E-state index < -0.39 is 15.4 Å². The van der Waals surface area contributed by atoms with Crippen molar-refractivity contribution < 1.29 is 32.5 Å². The van der Waals surface area contributed by atoms with Gasteiger partial charge in [0.2, 0.25) is 0 Å². The molecule has 9 heteroatoms. The van der Waals surface area contributed by atoms with Crippen LogP contribution in [0.2, 0.25) is 0 Å². The summed E-state index contributed by atoms with van der Waals surface area (Å²) in [6.45, 7) is 11.7. The fraction of sp³-hybridized carbons (Fsp3) is 0.619. The van der Waals surface area contributed by atoms with E-state index in [4.69, 9.17) is 9.63 Å². The number of hydrogen-bond acceptors (Lipinski definition) is 5. The van der Waals surface area contributed by atoms with Crippen molar-refractivity contribution in [3.05, 3.63) is 46.6 Å². The highest BCUT2D eigenvalue weighted by molar-refractivity contribution is 7.63. The minimum atomic E-state index is -4.56. The lowest BCUT2D eigenvalue weighted by Crippen LogP contribution is -1.99. The van der Waals surface area contributed by atoms with Crippen LogP contribution in [0.15, 0.2) is 46.6 Å². The number of allylic oxidation sites excluding steroid dienone is 5. The van der Waals surface area contributed by atoms with Crippen molar-refractivity contribution in [2.45, 2.75) is 60.3 Å². The molecule has 0 saturated carbocycles. The average Bonchev–Trinajstić information content (AvgIpc) is 2.56. The second kappa shape index (κ2) is 15.1. The molecule has 0 heterocycles. The standard InChI is InChI=1S/C21H38O7P2/c1-18(2)9-7-10-19(3)11-8-12-20(4)13-15-26-17-21(5)14-16-27-30(24,25)28-29(6,22)23/h9,11,13-14H,7-8,10,12,15-17H2,1-6H3,(H,22,23)(H,24,25)/b19-11+,20-13+,21-14+. The van der Waals surface area contributed by atoms with E-state index in [0.29, 0.717) is 13.2 Å². The summed E-state index contributed by atoms with van der Waals surface area (Å²) in [5, 5.41) is 0. The lowest BCUT2D eigenvalue weighted by molar-refractivity contribution is 0.184. The lowest BCUT2D eigenvalue weighted by atomic mass is 10.1. The van der Waals surface area contributed by atoms with E-state index in [0.717, 1.165) is 37.9 Å². The predicted molar refractivity (Wildman–Crippen MR) is 123 cm³/mol. The molecule has 0 aliphatic rings. The van der Waals surface area contributed by atoms with Gasteiger partial charge in [-0.25, -0.2) is 8.88 Å². The Morgan fingerprint density at radius 3 is 1.90 bits per heavy atom. The number of ether oxygens (including phenoxy) is 1. The molecule has 0 aliphatic carbocycles. The monoisotopic (exact) mass is 464 g/mol. The molecule has 2 N–H and O–H groups in total. The van der Waals surface area contributed by atoms with Crippen molar-refractivity contribution in [2.75, 3.05) is 26.5 Å². The van der Waals surface area contributed by atoms with Gasteiger partial charge in [0.1, 0.15) is 0 Å². The second-order valence-electron chi connectivity index (χ2n) is 7.67. The van der Waals surface area contributed by atoms with E-state index in [-0.39, 0.29) is 6.61 Å². The summed E-state index contributed by atoms with van der Waals surface area (Å²) in [7, 11) is -8.66. The SMILES string of the molecule is CC(C)=CCC/C(C)=C/CC/C(C)=C/COC/C(C)=C/COP(=O)(O)OP(C)(=O)O. The number of phosphoric ester groups is 1. The molecule has 0 amide bonds. The topological polar surface area (TPSA) is 102 Å². The highest BCUT2D eigenvalue weighted by Crippen LogP contribution is 2.57. The first-order valence-electron chi connectivity index (χ1n) is 9.97. The van der Waals surface area contributed by atoms with Crippen molar-refractivity contribution in [2.24, 2.45) is 0 Å². The summed E-state index contributed by atoms with van der Waals surface area (Å²) in [5.41, 5.74) is 4.84. The van der Waals surface area contributed by atoms with Crippen LogP contribution < -0.4 is 0 Å². The van der Waals surface area contributed by atoms with Crippen LogP contribution in [0.5, 0.6) is 0 Å². The van der Waals surface area contributed by atoms with Crippen molar-refractivity contribution in [3.63, 3.8) is 0 Å². The largest absolute Gasteiger partial charge is 0.479 e. The maximum atomic E-state index is 11.5. The summed E-state index contributed by atoms with van der Waals surface area (Å²) in [6.07, 6.45) is 12.4. The zero-order valence-corrected chi connectivity index (χ0v) is 20.9. The average molecular weight is 464 g/mol. The number of hydrogen-bond donors (Lipinski definition) is 2. The third kappa shape index (κ3) is 19.2. The molecular weight excluding hydrogens is 426 g/mol. The second-order valence-corrected chi connectivity index (χ2v) is 11.1. The fourth-order valence-electron chi connectivity index (χ4n) is 2.31. The molecule has 0 aromatic carbocycles. The zero-order valence-electron chi connectivity index (χ0n) is 19.1. The normalized spacial score (nSPS) is 17.4. The Balaban J connectivity index is 4.11. The van der Waals surface area contributed by atoms with Crippen molar-refractivity contribution in [1.29, 1.82) is 0 Å². The minimum Gasteiger partial charge on any atom is -0.373 e. The summed E-state index contributed by atoms with van der Waals surface area (Å²) >= 11 is 0. The van der Waals surface area contributed by atoms with Gasteiger partial charge in [-0.1, -0.05) is 41.0 Å². The van der Waals surface area contributed by atoms with Crippen LogP contribution in [0.25, 0.3) is 0 Å². The lowest BCUT2D eigenvalue weighted by Gasteiger charge is -2.12. The van der Waals surface area contributed by atoms with E-state index in [2.05, 4.69) is 48.7 Å². The Morgan fingerprint density at radius 2 is 1.33 bits per heavy atom. The first-order chi connectivity index (χ1) is 13.8. The maximum Gasteiger partial charge on any atom is 0.479 e. The van der Waals surface area contributed by atoms with Crippen LogP contribution in [-0.2, 0) is 22.7 Å². The van der Waals surface area contributed by atoms with Gasteiger partial charge in [-0.3, -0.25) is 9.09 Å². The van der Waals surface area contributed by atoms with Gasteiger partial charge < -0.3 is 14.5 Å². The molecule has 0 bridgehead atoms. The van der Waals surface area contributed by atoms with E-state index in [1.165, 1.54) is 16.7 Å². The Labute approximate surface area is 181 Å². The molecule has 0 fully saturated rings. The van der Waals surface area contributed by atoms with Crippen LogP contribution in [0.3, 0.4) is 0 Å². The number of phosphoric acid groups is 1. The van der Waals surface area contributed by atoms with Crippen LogP contribution in [0, 0.1) is 0 Å². The molecule has 0 aromatic rings. The minimum absolute atomic E-state index is 0.225. The van der Waals surface area contributed by atoms with Crippen LogP contribution in [-0.4, -0.2) is 36.3 Å².